The summed E-state index contributed by atoms with van der Waals surface area (Å²) in [4.78, 5) is 0. The number of hydrogen-bond acceptors (Lipinski definition) is 0. The Bertz CT molecular complexity index is 101. The van der Waals surface area contributed by atoms with Crippen LogP contribution in [0.15, 0.2) is 22.1 Å². The molecule has 0 bridgehead atoms. The summed E-state index contributed by atoms with van der Waals surface area (Å²) in [5, 5.41) is 0. The Labute approximate surface area is 49.3 Å². The van der Waals surface area contributed by atoms with Gasteiger partial charge in [-0.1, -0.05) is 0 Å². The first-order valence-corrected chi connectivity index (χ1v) is 2.75. The van der Waals surface area contributed by atoms with Crippen molar-refractivity contribution >= 4 is 0 Å². The van der Waals surface area contributed by atoms with E-state index in [9.17, 15) is 0 Å². The number of hydrogen-bond donors (Lipinski definition) is 0. The predicted molar refractivity (Wildman–Crippen MR) is 21.8 cm³/mol. The fourth-order valence-electron chi connectivity index (χ4n) is 0.447. The van der Waals surface area contributed by atoms with Crippen LogP contribution in [0.2, 0.25) is 0 Å². The molecule has 0 atom stereocenters. The van der Waals surface area contributed by atoms with Crippen molar-refractivity contribution in [3.63, 3.8) is 0 Å². The summed E-state index contributed by atoms with van der Waals surface area (Å²) in [6, 6.07) is 0. The van der Waals surface area contributed by atoms with Crippen LogP contribution in [0.5, 0.6) is 0 Å². The van der Waals surface area contributed by atoms with Crippen LogP contribution in [0.4, 0.5) is 0 Å². The summed E-state index contributed by atoms with van der Waals surface area (Å²) in [6.07, 6.45) is 7.56. The second-order valence-electron chi connectivity index (χ2n) is 1.32. The van der Waals surface area contributed by atoms with Gasteiger partial charge in [-0.05, 0) is 0 Å². The zero-order valence-electron chi connectivity index (χ0n) is 3.44. The standard InChI is InChI=1S/C5H5.Ti/c1-2-4-5-3-1;/h1-3H,4H2;/i;1-46. The van der Waals surface area contributed by atoms with Crippen molar-refractivity contribution in [3.05, 3.63) is 22.1 Å². The van der Waals surface area contributed by atoms with Crippen molar-refractivity contribution in [3.8, 4) is 0 Å². The average Bonchev–Trinajstić information content (AvgIpc) is 1.86. The molecule has 1 aliphatic rings. The zero-order valence-corrected chi connectivity index (χ0v) is 5.00. The molecule has 0 fully saturated rings. The molecule has 0 radical (unpaired) electrons. The van der Waals surface area contributed by atoms with E-state index in [0.717, 1.165) is 0 Å². The summed E-state index contributed by atoms with van der Waals surface area (Å²) in [6.45, 7) is 0. The van der Waals surface area contributed by atoms with Crippen LogP contribution in [0.1, 0.15) is 6.42 Å². The molecule has 0 saturated carbocycles. The van der Waals surface area contributed by atoms with Crippen LogP contribution < -0.4 is 0 Å². The molecule has 1 aliphatic carbocycles. The van der Waals surface area contributed by atoms with Crippen LogP contribution in [0, 0.1) is 0 Å². The van der Waals surface area contributed by atoms with Crippen LogP contribution in [0.25, 0.3) is 0 Å². The Hall–Kier alpha value is 0.194. The fraction of sp³-hybridized carbons (Fsp3) is 0.200. The SMILES string of the molecule is [2Ti][C]1=CC=CC1. The van der Waals surface area contributed by atoms with Crippen LogP contribution in [-0.4, -0.2) is 0 Å². The summed E-state index contributed by atoms with van der Waals surface area (Å²) < 4.78 is 1.47. The maximum absolute atomic E-state index is 2.16. The molecule has 0 amide bonds. The molecule has 1 heteroatoms. The molecule has 0 unspecified atom stereocenters. The van der Waals surface area contributed by atoms with Crippen LogP contribution >= 0.6 is 0 Å². The summed E-state index contributed by atoms with van der Waals surface area (Å²) in [7, 11) is 0. The molecule has 0 aromatic carbocycles. The van der Waals surface area contributed by atoms with Crippen molar-refractivity contribution in [1.29, 1.82) is 0 Å². The first kappa shape index (κ1) is 4.36. The van der Waals surface area contributed by atoms with E-state index in [-0.39, 0.29) is 0 Å². The number of rotatable bonds is 0. The van der Waals surface area contributed by atoms with Gasteiger partial charge < -0.3 is 0 Å². The molecule has 0 aromatic heterocycles. The third kappa shape index (κ3) is 0.827. The van der Waals surface area contributed by atoms with E-state index in [1.54, 1.807) is 0 Å². The predicted octanol–water partition coefficient (Wildman–Crippen LogP) is 1.38. The molecular weight excluding hydrogens is 62.1 g/mol. The van der Waals surface area contributed by atoms with Gasteiger partial charge in [0.15, 0.2) is 0 Å². The van der Waals surface area contributed by atoms with Crippen molar-refractivity contribution in [2.45, 2.75) is 6.42 Å². The van der Waals surface area contributed by atoms with Gasteiger partial charge in [-0.2, -0.15) is 0 Å². The summed E-state index contributed by atoms with van der Waals surface area (Å²) >= 11 is 2.14. The van der Waals surface area contributed by atoms with Gasteiger partial charge in [0.1, 0.15) is 0 Å². The van der Waals surface area contributed by atoms with E-state index < -0.39 is 0 Å². The van der Waals surface area contributed by atoms with Gasteiger partial charge in [-0.25, -0.2) is 0 Å². The molecule has 29 valence electrons. The van der Waals surface area contributed by atoms with Crippen LogP contribution in [0.3, 0.4) is 0 Å². The number of allylic oxidation sites excluding steroid dienone is 4. The molecule has 0 nitrogen and oxygen atoms in total. The minimum absolute atomic E-state index is 1.17. The van der Waals surface area contributed by atoms with Crippen molar-refractivity contribution in [2.24, 2.45) is 0 Å². The molecule has 0 heterocycles. The van der Waals surface area contributed by atoms with Gasteiger partial charge in [0.25, 0.3) is 0 Å². The molecule has 1 rings (SSSR count). The van der Waals surface area contributed by atoms with E-state index >= 15 is 0 Å². The third-order valence-electron chi connectivity index (χ3n) is 0.771. The molecule has 0 N–H and O–H groups in total. The monoisotopic (exact) mass is 67.0 g/mol. The van der Waals surface area contributed by atoms with E-state index in [1.807, 2.05) is 0 Å². The summed E-state index contributed by atoms with van der Waals surface area (Å²) in [5.41, 5.74) is 0. The Morgan fingerprint density at radius 1 is 1.67 bits per heavy atom. The molecule has 0 spiro atoms. The van der Waals surface area contributed by atoms with Gasteiger partial charge in [-0.3, -0.25) is 0 Å². The maximum atomic E-state index is 2.16. The van der Waals surface area contributed by atoms with Gasteiger partial charge in [0.2, 0.25) is 0 Å². The third-order valence-corrected chi connectivity index (χ3v) is 1.35. The van der Waals surface area contributed by atoms with Gasteiger partial charge in [0.05, 0.1) is 0 Å². The van der Waals surface area contributed by atoms with Crippen molar-refractivity contribution in [1.82, 2.24) is 0 Å². The van der Waals surface area contributed by atoms with E-state index in [4.69, 9.17) is 0 Å². The Kier molecular flexibility index (Phi) is 1.28. The van der Waals surface area contributed by atoms with E-state index in [0.29, 0.717) is 0 Å². The summed E-state index contributed by atoms with van der Waals surface area (Å²) in [5.74, 6) is 0. The zero-order chi connectivity index (χ0) is 4.41. The Morgan fingerprint density at radius 2 is 2.50 bits per heavy atom. The average molecular weight is 67.1 g/mol. The van der Waals surface area contributed by atoms with Gasteiger partial charge in [0, 0.05) is 0 Å². The molecule has 6 heavy (non-hydrogen) atoms. The van der Waals surface area contributed by atoms with Gasteiger partial charge in [-0.15, -0.1) is 0 Å². The molecule has 0 saturated heterocycles. The van der Waals surface area contributed by atoms with Crippen LogP contribution in [-0.2, 0) is 20.4 Å². The second-order valence-corrected chi connectivity index (χ2v) is 2.33. The Balaban J connectivity index is 2.61. The van der Waals surface area contributed by atoms with E-state index in [2.05, 4.69) is 38.7 Å². The minimum atomic E-state index is 1.17. The fourth-order valence-corrected chi connectivity index (χ4v) is 0.782. The first-order valence-electron chi connectivity index (χ1n) is 1.97. The first-order chi connectivity index (χ1) is 2.89. The van der Waals surface area contributed by atoms with E-state index in [1.165, 1.54) is 10.3 Å². The normalized spacial score (nSPS) is 18.2. The molecular formula is C5H5Ti. The quantitative estimate of drug-likeness (QED) is 0.375. The van der Waals surface area contributed by atoms with Gasteiger partial charge >= 0.3 is 49.0 Å². The molecule has 0 aliphatic heterocycles. The topological polar surface area (TPSA) is 0 Å². The Morgan fingerprint density at radius 3 is 2.67 bits per heavy atom. The second kappa shape index (κ2) is 1.77. The van der Waals surface area contributed by atoms with Crippen molar-refractivity contribution in [2.75, 3.05) is 0 Å². The molecule has 0 aromatic rings. The van der Waals surface area contributed by atoms with Crippen molar-refractivity contribution < 1.29 is 20.4 Å².